The summed E-state index contributed by atoms with van der Waals surface area (Å²) in [5.41, 5.74) is 3.37. The first-order valence-electron chi connectivity index (χ1n) is 9.13. The summed E-state index contributed by atoms with van der Waals surface area (Å²) in [6.45, 7) is 8.73. The van der Waals surface area contributed by atoms with E-state index in [1.54, 1.807) is 0 Å². The van der Waals surface area contributed by atoms with E-state index in [0.717, 1.165) is 53.8 Å². The predicted octanol–water partition coefficient (Wildman–Crippen LogP) is 4.36. The smallest absolute Gasteiger partial charge is 0.125 e. The van der Waals surface area contributed by atoms with Gasteiger partial charge in [0.15, 0.2) is 0 Å². The Morgan fingerprint density at radius 1 is 1.00 bits per heavy atom. The first kappa shape index (κ1) is 24.9. The third kappa shape index (κ3) is 6.71. The Morgan fingerprint density at radius 3 is 2.21 bits per heavy atom. The second kappa shape index (κ2) is 11.7. The number of anilines is 1. The van der Waals surface area contributed by atoms with Gasteiger partial charge in [-0.3, -0.25) is 4.90 Å². The maximum absolute atomic E-state index is 10.4. The zero-order valence-electron chi connectivity index (χ0n) is 16.3. The zero-order valence-corrected chi connectivity index (χ0v) is 18.7. The second-order valence-corrected chi connectivity index (χ2v) is 7.39. The number of ether oxygens (including phenoxy) is 1. The third-order valence-corrected chi connectivity index (χ3v) is 5.08. The molecule has 4 nitrogen and oxygen atoms in total. The van der Waals surface area contributed by atoms with Crippen molar-refractivity contribution < 1.29 is 9.84 Å². The molecule has 2 aromatic rings. The second-order valence-electron chi connectivity index (χ2n) is 6.95. The Morgan fingerprint density at radius 2 is 1.61 bits per heavy atom. The van der Waals surface area contributed by atoms with Crippen molar-refractivity contribution in [3.05, 3.63) is 58.6 Å². The van der Waals surface area contributed by atoms with Gasteiger partial charge in [-0.05, 0) is 43.2 Å². The normalized spacial score (nSPS) is 15.4. The molecule has 7 heteroatoms. The summed E-state index contributed by atoms with van der Waals surface area (Å²) in [6, 6.07) is 14.1. The van der Waals surface area contributed by atoms with Crippen LogP contribution in [0, 0.1) is 13.8 Å². The van der Waals surface area contributed by atoms with Crippen molar-refractivity contribution in [1.29, 1.82) is 0 Å². The molecule has 1 saturated heterocycles. The van der Waals surface area contributed by atoms with E-state index in [1.807, 2.05) is 50.2 Å². The van der Waals surface area contributed by atoms with Crippen LogP contribution in [0.3, 0.4) is 0 Å². The van der Waals surface area contributed by atoms with Crippen molar-refractivity contribution in [3.8, 4) is 5.75 Å². The topological polar surface area (TPSA) is 35.9 Å². The number of benzene rings is 2. The highest BCUT2D eigenvalue weighted by atomic mass is 35.5. The molecular weight excluding hydrogens is 419 g/mol. The highest BCUT2D eigenvalue weighted by Crippen LogP contribution is 2.23. The van der Waals surface area contributed by atoms with E-state index in [0.29, 0.717) is 13.2 Å². The summed E-state index contributed by atoms with van der Waals surface area (Å²) in [6.07, 6.45) is -0.494. The molecule has 0 aliphatic carbocycles. The summed E-state index contributed by atoms with van der Waals surface area (Å²) in [7, 11) is 0. The van der Waals surface area contributed by atoms with Gasteiger partial charge in [-0.25, -0.2) is 0 Å². The molecule has 1 atom stereocenters. The highest BCUT2D eigenvalue weighted by molar-refractivity contribution is 6.30. The minimum atomic E-state index is -0.494. The van der Waals surface area contributed by atoms with Crippen LogP contribution in [0.5, 0.6) is 5.75 Å². The van der Waals surface area contributed by atoms with E-state index in [1.165, 1.54) is 0 Å². The van der Waals surface area contributed by atoms with Gasteiger partial charge in [0.1, 0.15) is 18.5 Å². The average molecular weight is 448 g/mol. The molecule has 1 aliphatic heterocycles. The Bertz CT molecular complexity index is 717. The molecule has 0 saturated carbocycles. The summed E-state index contributed by atoms with van der Waals surface area (Å²) in [4.78, 5) is 4.63. The molecule has 1 heterocycles. The maximum Gasteiger partial charge on any atom is 0.125 e. The van der Waals surface area contributed by atoms with Crippen molar-refractivity contribution in [1.82, 2.24) is 4.90 Å². The molecule has 2 aromatic carbocycles. The molecule has 1 fully saturated rings. The van der Waals surface area contributed by atoms with Crippen LogP contribution in [0.25, 0.3) is 0 Å². The number of aryl methyl sites for hydroxylation is 2. The minimum Gasteiger partial charge on any atom is -0.490 e. The van der Waals surface area contributed by atoms with Crippen LogP contribution in [-0.4, -0.2) is 55.4 Å². The Kier molecular flexibility index (Phi) is 10.4. The number of aliphatic hydroxyl groups is 1. The third-order valence-electron chi connectivity index (χ3n) is 4.84. The lowest BCUT2D eigenvalue weighted by Crippen LogP contribution is -2.49. The molecule has 0 spiro atoms. The van der Waals surface area contributed by atoms with Gasteiger partial charge in [-0.2, -0.15) is 0 Å². The van der Waals surface area contributed by atoms with Crippen LogP contribution in [0.15, 0.2) is 42.5 Å². The maximum atomic E-state index is 10.4. The number of piperazine rings is 1. The largest absolute Gasteiger partial charge is 0.490 e. The first-order chi connectivity index (χ1) is 12.5. The van der Waals surface area contributed by atoms with E-state index < -0.39 is 6.10 Å². The predicted molar refractivity (Wildman–Crippen MR) is 122 cm³/mol. The van der Waals surface area contributed by atoms with Crippen LogP contribution < -0.4 is 9.64 Å². The fourth-order valence-electron chi connectivity index (χ4n) is 3.42. The highest BCUT2D eigenvalue weighted by Gasteiger charge is 2.20. The summed E-state index contributed by atoms with van der Waals surface area (Å²) >= 11 is 6.09. The Hall–Kier alpha value is -1.17. The number of hydrogen-bond donors (Lipinski definition) is 1. The molecule has 156 valence electrons. The van der Waals surface area contributed by atoms with Gasteiger partial charge in [-0.15, -0.1) is 24.8 Å². The van der Waals surface area contributed by atoms with E-state index in [4.69, 9.17) is 16.3 Å². The average Bonchev–Trinajstić information content (AvgIpc) is 2.62. The molecule has 1 N–H and O–H groups in total. The number of aliphatic hydroxyl groups excluding tert-OH is 1. The van der Waals surface area contributed by atoms with E-state index in [9.17, 15) is 5.11 Å². The van der Waals surface area contributed by atoms with Gasteiger partial charge in [0.2, 0.25) is 0 Å². The molecule has 0 bridgehead atoms. The molecule has 0 amide bonds. The van der Waals surface area contributed by atoms with E-state index >= 15 is 0 Å². The van der Waals surface area contributed by atoms with Crippen LogP contribution in [0.1, 0.15) is 11.1 Å². The van der Waals surface area contributed by atoms with E-state index in [2.05, 4.69) is 15.9 Å². The zero-order chi connectivity index (χ0) is 18.5. The molecule has 28 heavy (non-hydrogen) atoms. The van der Waals surface area contributed by atoms with Crippen LogP contribution >= 0.6 is 36.4 Å². The Labute approximate surface area is 185 Å². The molecule has 0 aromatic heterocycles. The quantitative estimate of drug-likeness (QED) is 0.713. The molecular formula is C21H29Cl3N2O2. The lowest BCUT2D eigenvalue weighted by molar-refractivity contribution is 0.0658. The van der Waals surface area contributed by atoms with E-state index in [-0.39, 0.29) is 24.8 Å². The molecule has 0 radical (unpaired) electrons. The van der Waals surface area contributed by atoms with Crippen molar-refractivity contribution in [2.75, 3.05) is 44.2 Å². The fraction of sp³-hybridized carbons (Fsp3) is 0.429. The number of halogens is 3. The molecule has 1 aliphatic rings. The lowest BCUT2D eigenvalue weighted by Gasteiger charge is -2.37. The SMILES string of the molecule is Cc1cccc(C)c1OCC(O)CN1CCN(c2cccc(Cl)c2)CC1.Cl.Cl. The number of rotatable bonds is 6. The molecule has 1 unspecified atom stereocenters. The monoisotopic (exact) mass is 446 g/mol. The van der Waals surface area contributed by atoms with Crippen molar-refractivity contribution in [2.24, 2.45) is 0 Å². The van der Waals surface area contributed by atoms with Crippen LogP contribution in [0.2, 0.25) is 5.02 Å². The van der Waals surface area contributed by atoms with Crippen molar-refractivity contribution in [3.63, 3.8) is 0 Å². The van der Waals surface area contributed by atoms with Gasteiger partial charge >= 0.3 is 0 Å². The first-order valence-corrected chi connectivity index (χ1v) is 9.50. The number of para-hydroxylation sites is 1. The number of β-amino-alcohol motifs (C(OH)–C–C–N with tert-alkyl or cyclic N) is 1. The fourth-order valence-corrected chi connectivity index (χ4v) is 3.60. The van der Waals surface area contributed by atoms with Gasteiger partial charge in [-0.1, -0.05) is 35.9 Å². The summed E-state index contributed by atoms with van der Waals surface area (Å²) < 4.78 is 5.87. The Balaban J connectivity index is 0.00000196. The number of hydrogen-bond acceptors (Lipinski definition) is 4. The van der Waals surface area contributed by atoms with Gasteiger partial charge in [0.05, 0.1) is 0 Å². The molecule has 3 rings (SSSR count). The van der Waals surface area contributed by atoms with Crippen LogP contribution in [-0.2, 0) is 0 Å². The summed E-state index contributed by atoms with van der Waals surface area (Å²) in [5, 5.41) is 11.1. The van der Waals surface area contributed by atoms with Gasteiger partial charge < -0.3 is 14.7 Å². The van der Waals surface area contributed by atoms with Crippen LogP contribution in [0.4, 0.5) is 5.69 Å². The standard InChI is InChI=1S/C21H27ClN2O2.2ClH/c1-16-5-3-6-17(2)21(16)26-15-20(25)14-23-9-11-24(12-10-23)19-8-4-7-18(22)13-19;;/h3-8,13,20,25H,9-12,14-15H2,1-2H3;2*1H. The van der Waals surface area contributed by atoms with Gasteiger partial charge in [0, 0.05) is 43.4 Å². The van der Waals surface area contributed by atoms with Gasteiger partial charge in [0.25, 0.3) is 0 Å². The lowest BCUT2D eigenvalue weighted by atomic mass is 10.1. The van der Waals surface area contributed by atoms with Crippen molar-refractivity contribution in [2.45, 2.75) is 20.0 Å². The minimum absolute atomic E-state index is 0. The van der Waals surface area contributed by atoms with Crippen molar-refractivity contribution >= 4 is 42.1 Å². The summed E-state index contributed by atoms with van der Waals surface area (Å²) in [5.74, 6) is 0.886. The number of nitrogens with zero attached hydrogens (tertiary/aromatic N) is 2.